The van der Waals surface area contributed by atoms with Gasteiger partial charge in [0.05, 0.1) is 12.7 Å². The molecule has 0 aromatic carbocycles. The van der Waals surface area contributed by atoms with Gasteiger partial charge < -0.3 is 10.2 Å². The van der Waals surface area contributed by atoms with Gasteiger partial charge in [-0.25, -0.2) is 0 Å². The maximum absolute atomic E-state index is 9.01. The third kappa shape index (κ3) is 11.5. The summed E-state index contributed by atoms with van der Waals surface area (Å²) in [7, 11) is 0. The molecule has 0 radical (unpaired) electrons. The van der Waals surface area contributed by atoms with E-state index in [4.69, 9.17) is 10.2 Å². The Labute approximate surface area is 87.3 Å². The van der Waals surface area contributed by atoms with Crippen LogP contribution < -0.4 is 0 Å². The third-order valence-corrected chi connectivity index (χ3v) is 2.04. The van der Waals surface area contributed by atoms with Crippen LogP contribution in [-0.4, -0.2) is 22.9 Å². The van der Waals surface area contributed by atoms with Gasteiger partial charge in [0.15, 0.2) is 0 Å². The van der Waals surface area contributed by atoms with Crippen molar-refractivity contribution in [3.05, 3.63) is 0 Å². The Morgan fingerprint density at radius 2 is 1.64 bits per heavy atom. The van der Waals surface area contributed by atoms with E-state index in [1.165, 1.54) is 12.8 Å². The van der Waals surface area contributed by atoms with Crippen molar-refractivity contribution in [2.24, 2.45) is 0 Å². The van der Waals surface area contributed by atoms with Gasteiger partial charge in [0.25, 0.3) is 0 Å². The summed E-state index contributed by atoms with van der Waals surface area (Å²) in [5.41, 5.74) is 0. The molecule has 82 valence electrons. The van der Waals surface area contributed by atoms with Gasteiger partial charge in [0.2, 0.25) is 0 Å². The van der Waals surface area contributed by atoms with Crippen LogP contribution in [0.5, 0.6) is 0 Å². The van der Waals surface area contributed by atoms with E-state index in [1.54, 1.807) is 0 Å². The van der Waals surface area contributed by atoms with Gasteiger partial charge in [-0.2, -0.15) is 0 Å². The Morgan fingerprint density at radius 1 is 1.00 bits per heavy atom. The standard InChI is InChI=1S/C12H22O2/c1-12(14)10-8-6-4-2-3-5-7-9-11-13/h12-14H,2-4,6,8-11H2,1H3. The summed E-state index contributed by atoms with van der Waals surface area (Å²) < 4.78 is 0. The first-order chi connectivity index (χ1) is 6.77. The van der Waals surface area contributed by atoms with E-state index in [2.05, 4.69) is 11.8 Å². The van der Waals surface area contributed by atoms with Crippen LogP contribution in [0, 0.1) is 11.8 Å². The number of aliphatic hydroxyl groups is 2. The van der Waals surface area contributed by atoms with Gasteiger partial charge in [-0.05, 0) is 19.8 Å². The van der Waals surface area contributed by atoms with E-state index >= 15 is 0 Å². The highest BCUT2D eigenvalue weighted by atomic mass is 16.3. The summed E-state index contributed by atoms with van der Waals surface area (Å²) in [6.07, 6.45) is 6.93. The van der Waals surface area contributed by atoms with Crippen LogP contribution >= 0.6 is 0 Å². The van der Waals surface area contributed by atoms with E-state index in [0.29, 0.717) is 6.42 Å². The summed E-state index contributed by atoms with van der Waals surface area (Å²) in [6, 6.07) is 0. The second-order valence-electron chi connectivity index (χ2n) is 3.63. The van der Waals surface area contributed by atoms with Gasteiger partial charge in [-0.15, -0.1) is 11.8 Å². The van der Waals surface area contributed by atoms with Gasteiger partial charge in [-0.1, -0.05) is 19.3 Å². The summed E-state index contributed by atoms with van der Waals surface area (Å²) >= 11 is 0. The van der Waals surface area contributed by atoms with Crippen molar-refractivity contribution in [3.8, 4) is 11.8 Å². The maximum Gasteiger partial charge on any atom is 0.0540 e. The lowest BCUT2D eigenvalue weighted by molar-refractivity contribution is 0.180. The van der Waals surface area contributed by atoms with Crippen LogP contribution in [0.3, 0.4) is 0 Å². The first-order valence-corrected chi connectivity index (χ1v) is 5.52. The van der Waals surface area contributed by atoms with Crippen LogP contribution in [0.15, 0.2) is 0 Å². The molecule has 0 saturated carbocycles. The van der Waals surface area contributed by atoms with Crippen LogP contribution in [0.1, 0.15) is 51.9 Å². The highest BCUT2D eigenvalue weighted by Crippen LogP contribution is 2.06. The highest BCUT2D eigenvalue weighted by molar-refractivity contribution is 4.98. The molecule has 0 fully saturated rings. The number of hydrogen-bond donors (Lipinski definition) is 2. The van der Waals surface area contributed by atoms with Crippen LogP contribution in [0.4, 0.5) is 0 Å². The molecule has 0 heterocycles. The lowest BCUT2D eigenvalue weighted by atomic mass is 10.1. The Balaban J connectivity index is 3.03. The number of unbranched alkanes of at least 4 members (excludes halogenated alkanes) is 4. The monoisotopic (exact) mass is 198 g/mol. The van der Waals surface area contributed by atoms with Crippen LogP contribution in [0.2, 0.25) is 0 Å². The molecule has 14 heavy (non-hydrogen) atoms. The van der Waals surface area contributed by atoms with Crippen molar-refractivity contribution < 1.29 is 10.2 Å². The minimum Gasteiger partial charge on any atom is -0.395 e. The molecule has 0 aliphatic rings. The average molecular weight is 198 g/mol. The fraction of sp³-hybridized carbons (Fsp3) is 0.833. The molecule has 2 nitrogen and oxygen atoms in total. The summed E-state index contributed by atoms with van der Waals surface area (Å²) in [5, 5.41) is 17.5. The average Bonchev–Trinajstić information content (AvgIpc) is 2.15. The molecular weight excluding hydrogens is 176 g/mol. The third-order valence-electron chi connectivity index (χ3n) is 2.04. The molecule has 0 aromatic heterocycles. The molecular formula is C12H22O2. The summed E-state index contributed by atoms with van der Waals surface area (Å²) in [4.78, 5) is 0. The molecule has 1 unspecified atom stereocenters. The SMILES string of the molecule is CC(O)CCCCCCC#CCCO. The molecule has 0 aliphatic carbocycles. The Hall–Kier alpha value is -0.520. The molecule has 0 aromatic rings. The fourth-order valence-corrected chi connectivity index (χ4v) is 1.24. The second kappa shape index (κ2) is 10.6. The van der Waals surface area contributed by atoms with Crippen molar-refractivity contribution in [1.82, 2.24) is 0 Å². The zero-order valence-corrected chi connectivity index (χ0v) is 9.13. The lowest BCUT2D eigenvalue weighted by Gasteiger charge is -2.02. The topological polar surface area (TPSA) is 40.5 Å². The fourth-order valence-electron chi connectivity index (χ4n) is 1.24. The largest absolute Gasteiger partial charge is 0.395 e. The molecule has 2 N–H and O–H groups in total. The predicted molar refractivity (Wildman–Crippen MR) is 58.9 cm³/mol. The van der Waals surface area contributed by atoms with Gasteiger partial charge in [0, 0.05) is 12.8 Å². The van der Waals surface area contributed by atoms with Crippen molar-refractivity contribution in [2.75, 3.05) is 6.61 Å². The minimum absolute atomic E-state index is 0.153. The molecule has 0 spiro atoms. The predicted octanol–water partition coefficient (Wildman–Crippen LogP) is 2.09. The number of hydrogen-bond acceptors (Lipinski definition) is 2. The van der Waals surface area contributed by atoms with Gasteiger partial charge in [0.1, 0.15) is 0 Å². The van der Waals surface area contributed by atoms with Crippen molar-refractivity contribution in [1.29, 1.82) is 0 Å². The highest BCUT2D eigenvalue weighted by Gasteiger charge is 1.94. The molecule has 0 saturated heterocycles. The second-order valence-corrected chi connectivity index (χ2v) is 3.63. The van der Waals surface area contributed by atoms with Crippen LogP contribution in [-0.2, 0) is 0 Å². The Bertz CT molecular complexity index is 165. The first kappa shape index (κ1) is 13.5. The Morgan fingerprint density at radius 3 is 2.29 bits per heavy atom. The number of rotatable bonds is 7. The van der Waals surface area contributed by atoms with E-state index in [0.717, 1.165) is 25.7 Å². The van der Waals surface area contributed by atoms with Crippen molar-refractivity contribution in [3.63, 3.8) is 0 Å². The zero-order chi connectivity index (χ0) is 10.6. The number of aliphatic hydroxyl groups excluding tert-OH is 2. The van der Waals surface area contributed by atoms with E-state index < -0.39 is 0 Å². The zero-order valence-electron chi connectivity index (χ0n) is 9.13. The summed E-state index contributed by atoms with van der Waals surface area (Å²) in [5.74, 6) is 5.93. The van der Waals surface area contributed by atoms with E-state index in [-0.39, 0.29) is 12.7 Å². The van der Waals surface area contributed by atoms with Gasteiger partial charge >= 0.3 is 0 Å². The van der Waals surface area contributed by atoms with E-state index in [9.17, 15) is 0 Å². The lowest BCUT2D eigenvalue weighted by Crippen LogP contribution is -1.98. The summed E-state index contributed by atoms with van der Waals surface area (Å²) in [6.45, 7) is 2.00. The molecule has 0 rings (SSSR count). The van der Waals surface area contributed by atoms with Crippen molar-refractivity contribution in [2.45, 2.75) is 58.0 Å². The smallest absolute Gasteiger partial charge is 0.0540 e. The van der Waals surface area contributed by atoms with Crippen LogP contribution in [0.25, 0.3) is 0 Å². The first-order valence-electron chi connectivity index (χ1n) is 5.52. The molecule has 0 bridgehead atoms. The molecule has 0 aliphatic heterocycles. The Kier molecular flexibility index (Phi) is 10.2. The molecule has 0 amide bonds. The van der Waals surface area contributed by atoms with E-state index in [1.807, 2.05) is 6.92 Å². The molecule has 1 atom stereocenters. The minimum atomic E-state index is -0.153. The van der Waals surface area contributed by atoms with Gasteiger partial charge in [-0.3, -0.25) is 0 Å². The van der Waals surface area contributed by atoms with Crippen molar-refractivity contribution >= 4 is 0 Å². The quantitative estimate of drug-likeness (QED) is 0.486. The normalized spacial score (nSPS) is 11.9. The maximum atomic E-state index is 9.01. The molecule has 2 heteroatoms.